The number of hydrogen-bond acceptors (Lipinski definition) is 8. The summed E-state index contributed by atoms with van der Waals surface area (Å²) in [7, 11) is 0. The maximum atomic E-state index is 13.5. The molecule has 8 nitrogen and oxygen atoms in total. The first-order chi connectivity index (χ1) is 14.9. The zero-order chi connectivity index (χ0) is 23.9. The molecule has 1 aromatic rings. The van der Waals surface area contributed by atoms with Gasteiger partial charge in [-0.2, -0.15) is 0 Å². The monoisotopic (exact) mass is 450 g/mol. The molecule has 7 unspecified atom stereocenters. The number of carbonyl (C=O) groups excluding carboxylic acids is 3. The van der Waals surface area contributed by atoms with Crippen LogP contribution in [0.15, 0.2) is 23.0 Å². The molecule has 0 radical (unpaired) electrons. The number of aryl methyl sites for hydroxylation is 1. The SMILES string of the molecule is CC(=O)OCC1(C)C(OC(C)=O)CCC2(C)C1C(=O)C(O)C(C)C2(O)CCc1ccoc1. The molecule has 2 aliphatic carbocycles. The van der Waals surface area contributed by atoms with Crippen LogP contribution in [0.1, 0.15) is 59.4 Å². The fourth-order valence-corrected chi connectivity index (χ4v) is 6.23. The highest BCUT2D eigenvalue weighted by atomic mass is 16.6. The Kier molecular flexibility index (Phi) is 6.60. The molecule has 0 bridgehead atoms. The summed E-state index contributed by atoms with van der Waals surface area (Å²) in [4.78, 5) is 37.0. The second kappa shape index (κ2) is 8.63. The maximum absolute atomic E-state index is 13.5. The number of furan rings is 1. The van der Waals surface area contributed by atoms with Gasteiger partial charge in [0.2, 0.25) is 0 Å². The number of ether oxygens (including phenoxy) is 2. The van der Waals surface area contributed by atoms with Gasteiger partial charge in [-0.1, -0.05) is 20.8 Å². The molecule has 178 valence electrons. The van der Waals surface area contributed by atoms with Crippen molar-refractivity contribution in [1.29, 1.82) is 0 Å². The fraction of sp³-hybridized carbons (Fsp3) is 0.708. The Morgan fingerprint density at radius 2 is 1.94 bits per heavy atom. The highest BCUT2D eigenvalue weighted by Crippen LogP contribution is 2.63. The zero-order valence-electron chi connectivity index (χ0n) is 19.4. The van der Waals surface area contributed by atoms with Crippen LogP contribution < -0.4 is 0 Å². The highest BCUT2D eigenvalue weighted by molar-refractivity contribution is 5.89. The molecule has 0 aliphatic heterocycles. The number of aliphatic hydroxyl groups is 2. The van der Waals surface area contributed by atoms with Crippen molar-refractivity contribution in [2.75, 3.05) is 6.61 Å². The molecule has 0 aromatic carbocycles. The van der Waals surface area contributed by atoms with Crippen molar-refractivity contribution in [2.24, 2.45) is 22.7 Å². The molecule has 2 aliphatic rings. The van der Waals surface area contributed by atoms with Gasteiger partial charge in [0.1, 0.15) is 18.8 Å². The van der Waals surface area contributed by atoms with E-state index in [1.807, 2.05) is 13.0 Å². The van der Waals surface area contributed by atoms with Gasteiger partial charge in [-0.15, -0.1) is 0 Å². The molecule has 1 heterocycles. The second-order valence-electron chi connectivity index (χ2n) is 9.97. The van der Waals surface area contributed by atoms with E-state index in [2.05, 4.69) is 0 Å². The van der Waals surface area contributed by atoms with E-state index in [4.69, 9.17) is 13.9 Å². The van der Waals surface area contributed by atoms with Crippen LogP contribution in [0.5, 0.6) is 0 Å². The lowest BCUT2D eigenvalue weighted by molar-refractivity contribution is -0.253. The first-order valence-electron chi connectivity index (χ1n) is 11.1. The van der Waals surface area contributed by atoms with Crippen molar-refractivity contribution < 1.29 is 38.5 Å². The van der Waals surface area contributed by atoms with Crippen molar-refractivity contribution in [1.82, 2.24) is 0 Å². The summed E-state index contributed by atoms with van der Waals surface area (Å²) in [6.45, 7) is 7.70. The van der Waals surface area contributed by atoms with Crippen LogP contribution in [0.3, 0.4) is 0 Å². The predicted octanol–water partition coefficient (Wildman–Crippen LogP) is 2.44. The van der Waals surface area contributed by atoms with Gasteiger partial charge >= 0.3 is 11.9 Å². The number of hydrogen-bond donors (Lipinski definition) is 2. The normalized spacial score (nSPS) is 39.3. The molecular weight excluding hydrogens is 416 g/mol. The average Bonchev–Trinajstić information content (AvgIpc) is 3.24. The minimum Gasteiger partial charge on any atom is -0.472 e. The summed E-state index contributed by atoms with van der Waals surface area (Å²) in [6, 6.07) is 1.82. The summed E-state index contributed by atoms with van der Waals surface area (Å²) in [5.74, 6) is -3.02. The van der Waals surface area contributed by atoms with E-state index in [0.29, 0.717) is 25.7 Å². The van der Waals surface area contributed by atoms with Crippen LogP contribution in [0, 0.1) is 22.7 Å². The third kappa shape index (κ3) is 3.88. The van der Waals surface area contributed by atoms with E-state index in [0.717, 1.165) is 5.56 Å². The van der Waals surface area contributed by atoms with Crippen LogP contribution in [0.2, 0.25) is 0 Å². The van der Waals surface area contributed by atoms with Gasteiger partial charge in [0.15, 0.2) is 5.78 Å². The van der Waals surface area contributed by atoms with Crippen molar-refractivity contribution in [3.05, 3.63) is 24.2 Å². The molecule has 0 amide bonds. The summed E-state index contributed by atoms with van der Waals surface area (Å²) in [6.07, 6.45) is 2.72. The van der Waals surface area contributed by atoms with E-state index in [1.165, 1.54) is 13.8 Å². The lowest BCUT2D eigenvalue weighted by Crippen LogP contribution is -2.72. The van der Waals surface area contributed by atoms with Crippen molar-refractivity contribution in [3.8, 4) is 0 Å². The molecule has 2 N–H and O–H groups in total. The molecule has 0 saturated heterocycles. The first-order valence-corrected chi connectivity index (χ1v) is 11.1. The lowest BCUT2D eigenvalue weighted by atomic mass is 9.42. The maximum Gasteiger partial charge on any atom is 0.302 e. The van der Waals surface area contributed by atoms with E-state index in [-0.39, 0.29) is 6.61 Å². The number of rotatable bonds is 6. The summed E-state index contributed by atoms with van der Waals surface area (Å²) >= 11 is 0. The number of aliphatic hydroxyl groups excluding tert-OH is 1. The highest BCUT2D eigenvalue weighted by Gasteiger charge is 2.70. The minimum absolute atomic E-state index is 0.162. The molecule has 7 atom stereocenters. The molecule has 0 spiro atoms. The summed E-state index contributed by atoms with van der Waals surface area (Å²) < 4.78 is 16.0. The minimum atomic E-state index is -1.39. The van der Waals surface area contributed by atoms with E-state index in [1.54, 1.807) is 26.4 Å². The molecule has 2 fully saturated rings. The Morgan fingerprint density at radius 3 is 2.50 bits per heavy atom. The lowest BCUT2D eigenvalue weighted by Gasteiger charge is -2.64. The Balaban J connectivity index is 2.07. The molecule has 1 aromatic heterocycles. The zero-order valence-corrected chi connectivity index (χ0v) is 19.4. The van der Waals surface area contributed by atoms with Gasteiger partial charge in [-0.3, -0.25) is 14.4 Å². The van der Waals surface area contributed by atoms with Crippen molar-refractivity contribution in [3.63, 3.8) is 0 Å². The number of esters is 2. The van der Waals surface area contributed by atoms with Crippen LogP contribution in [0.25, 0.3) is 0 Å². The Bertz CT molecular complexity index is 863. The predicted molar refractivity (Wildman–Crippen MR) is 113 cm³/mol. The van der Waals surface area contributed by atoms with Gasteiger partial charge in [-0.25, -0.2) is 0 Å². The topological polar surface area (TPSA) is 123 Å². The number of Topliss-reactive ketones (excluding diaryl/α,β-unsaturated/α-hetero) is 1. The average molecular weight is 451 g/mol. The third-order valence-corrected chi connectivity index (χ3v) is 8.02. The molecule has 8 heteroatoms. The molecule has 3 rings (SSSR count). The van der Waals surface area contributed by atoms with Gasteiger partial charge in [-0.05, 0) is 37.3 Å². The van der Waals surface area contributed by atoms with Crippen molar-refractivity contribution >= 4 is 17.7 Å². The largest absolute Gasteiger partial charge is 0.472 e. The van der Waals surface area contributed by atoms with E-state index >= 15 is 0 Å². The molecule has 32 heavy (non-hydrogen) atoms. The van der Waals surface area contributed by atoms with Crippen LogP contribution >= 0.6 is 0 Å². The van der Waals surface area contributed by atoms with Gasteiger partial charge < -0.3 is 24.1 Å². The van der Waals surface area contributed by atoms with Gasteiger partial charge in [0, 0.05) is 36.5 Å². The van der Waals surface area contributed by atoms with Gasteiger partial charge in [0.05, 0.1) is 18.1 Å². The first kappa shape index (κ1) is 24.5. The molecule has 2 saturated carbocycles. The second-order valence-corrected chi connectivity index (χ2v) is 9.97. The smallest absolute Gasteiger partial charge is 0.302 e. The number of carbonyl (C=O) groups is 3. The number of ketones is 1. The van der Waals surface area contributed by atoms with Gasteiger partial charge in [0.25, 0.3) is 0 Å². The number of fused-ring (bicyclic) bond motifs is 1. The Hall–Kier alpha value is -2.19. The Morgan fingerprint density at radius 1 is 1.25 bits per heavy atom. The summed E-state index contributed by atoms with van der Waals surface area (Å²) in [5, 5.41) is 23.0. The standard InChI is InChI=1S/C24H34O8/c1-14-19(27)20(28)21-22(4,13-31-15(2)25)18(32-16(3)26)7-9-23(21,5)24(14,29)10-6-17-8-11-30-12-17/h8,11-12,14,18-19,21,27,29H,6-7,9-10,13H2,1-5H3. The Labute approximate surface area is 188 Å². The van der Waals surface area contributed by atoms with Crippen molar-refractivity contribution in [2.45, 2.75) is 78.1 Å². The van der Waals surface area contributed by atoms with E-state index in [9.17, 15) is 24.6 Å². The quantitative estimate of drug-likeness (QED) is 0.634. The van der Waals surface area contributed by atoms with Crippen LogP contribution in [-0.4, -0.2) is 52.4 Å². The third-order valence-electron chi connectivity index (χ3n) is 8.02. The van der Waals surface area contributed by atoms with E-state index < -0.39 is 58.2 Å². The van der Waals surface area contributed by atoms with Crippen LogP contribution in [0.4, 0.5) is 0 Å². The van der Waals surface area contributed by atoms with Crippen LogP contribution in [-0.2, 0) is 30.3 Å². The summed E-state index contributed by atoms with van der Waals surface area (Å²) in [5.41, 5.74) is -2.51. The fourth-order valence-electron chi connectivity index (χ4n) is 6.23. The molecular formula is C24H34O8.